The lowest BCUT2D eigenvalue weighted by Gasteiger charge is -2.41. The lowest BCUT2D eigenvalue weighted by Crippen LogP contribution is -2.49. The van der Waals surface area contributed by atoms with Gasteiger partial charge in [-0.25, -0.2) is 4.79 Å². The van der Waals surface area contributed by atoms with Crippen molar-refractivity contribution in [3.8, 4) is 16.2 Å². The number of carboxylic acid groups (broad SMARTS) is 1. The molecule has 0 radical (unpaired) electrons. The third-order valence-electron chi connectivity index (χ3n) is 5.10. The second-order valence-electron chi connectivity index (χ2n) is 7.16. The summed E-state index contributed by atoms with van der Waals surface area (Å²) in [7, 11) is 0. The first-order valence-electron chi connectivity index (χ1n) is 9.48. The van der Waals surface area contributed by atoms with Crippen LogP contribution in [0.15, 0.2) is 54.6 Å². The molecule has 1 saturated heterocycles. The van der Waals surface area contributed by atoms with Crippen LogP contribution in [0.1, 0.15) is 16.0 Å². The maximum absolute atomic E-state index is 10.8. The average molecular weight is 445 g/mol. The van der Waals surface area contributed by atoms with Crippen molar-refractivity contribution < 1.29 is 24.1 Å². The van der Waals surface area contributed by atoms with Crippen LogP contribution in [-0.4, -0.2) is 30.9 Å². The van der Waals surface area contributed by atoms with Crippen molar-refractivity contribution in [1.29, 1.82) is 0 Å². The minimum absolute atomic E-state index is 0.349. The number of carbonyl (C=O) groups is 1. The second-order valence-corrected chi connectivity index (χ2v) is 8.74. The summed E-state index contributed by atoms with van der Waals surface area (Å²) in [6.07, 6.45) is 0. The van der Waals surface area contributed by atoms with E-state index in [1.165, 1.54) is 0 Å². The van der Waals surface area contributed by atoms with Gasteiger partial charge in [0.2, 0.25) is 0 Å². The summed E-state index contributed by atoms with van der Waals surface area (Å²) < 4.78 is 16.8. The van der Waals surface area contributed by atoms with Gasteiger partial charge in [0.15, 0.2) is 0 Å². The van der Waals surface area contributed by atoms with Crippen LogP contribution < -0.4 is 4.74 Å². The highest BCUT2D eigenvalue weighted by molar-refractivity contribution is 7.15. The Labute approximate surface area is 183 Å². The van der Waals surface area contributed by atoms with E-state index in [0.29, 0.717) is 19.8 Å². The molecule has 4 rings (SSSR count). The van der Waals surface area contributed by atoms with Gasteiger partial charge >= 0.3 is 5.97 Å². The largest absolute Gasteiger partial charge is 0.488 e. The predicted molar refractivity (Wildman–Crippen MR) is 116 cm³/mol. The van der Waals surface area contributed by atoms with Gasteiger partial charge in [-0.3, -0.25) is 0 Å². The Kier molecular flexibility index (Phi) is 6.11. The highest BCUT2D eigenvalue weighted by Gasteiger charge is 2.42. The fourth-order valence-corrected chi connectivity index (χ4v) is 4.48. The highest BCUT2D eigenvalue weighted by Crippen LogP contribution is 2.36. The van der Waals surface area contributed by atoms with E-state index in [9.17, 15) is 4.79 Å². The maximum atomic E-state index is 10.8. The molecule has 0 bridgehead atoms. The fourth-order valence-electron chi connectivity index (χ4n) is 3.30. The van der Waals surface area contributed by atoms with E-state index < -0.39 is 11.6 Å². The van der Waals surface area contributed by atoms with Gasteiger partial charge in [-0.2, -0.15) is 0 Å². The van der Waals surface area contributed by atoms with Gasteiger partial charge in [0.1, 0.15) is 24.6 Å². The van der Waals surface area contributed by atoms with Crippen molar-refractivity contribution in [2.24, 2.45) is 0 Å². The Bertz CT molecular complexity index is 1040. The molecular weight excluding hydrogens is 424 g/mol. The van der Waals surface area contributed by atoms with E-state index in [1.807, 2.05) is 43.3 Å². The zero-order chi connectivity index (χ0) is 21.1. The summed E-state index contributed by atoms with van der Waals surface area (Å²) in [6.45, 7) is 2.83. The number of hydrogen-bond acceptors (Lipinski definition) is 5. The summed E-state index contributed by atoms with van der Waals surface area (Å²) in [5.74, 6) is -0.259. The van der Waals surface area contributed by atoms with Crippen LogP contribution in [0.25, 0.3) is 10.4 Å². The molecule has 1 aromatic heterocycles. The minimum Gasteiger partial charge on any atom is -0.488 e. The van der Waals surface area contributed by atoms with Gasteiger partial charge in [0.05, 0.1) is 13.2 Å². The zero-order valence-corrected chi connectivity index (χ0v) is 18.0. The van der Waals surface area contributed by atoms with E-state index in [4.69, 9.17) is 30.9 Å². The van der Waals surface area contributed by atoms with Crippen LogP contribution in [-0.2, 0) is 26.5 Å². The molecule has 3 aromatic rings. The second kappa shape index (κ2) is 8.78. The van der Waals surface area contributed by atoms with Crippen molar-refractivity contribution in [3.05, 3.63) is 75.6 Å². The Hall–Kier alpha value is -2.38. The molecular formula is C23H21ClO5S. The molecule has 0 spiro atoms. The normalized spacial score (nSPS) is 14.9. The standard InChI is InChI=1S/C23H21ClO5S/c1-15-19(3-2-4-20(15)24)21-10-9-18(30-21)11-28-17-7-5-16(6-8-17)23(13-27-14-23)29-12-22(25)26/h2-10H,11-14H2,1H3,(H,25,26). The Morgan fingerprint density at radius 3 is 2.60 bits per heavy atom. The van der Waals surface area contributed by atoms with Gasteiger partial charge < -0.3 is 19.3 Å². The van der Waals surface area contributed by atoms with E-state index >= 15 is 0 Å². The first kappa shape index (κ1) is 20.9. The van der Waals surface area contributed by atoms with Crippen molar-refractivity contribution in [2.45, 2.75) is 19.1 Å². The molecule has 1 aliphatic heterocycles. The Morgan fingerprint density at radius 1 is 1.17 bits per heavy atom. The molecule has 2 aromatic carbocycles. The maximum Gasteiger partial charge on any atom is 0.329 e. The molecule has 0 aliphatic carbocycles. The van der Waals surface area contributed by atoms with Gasteiger partial charge in [-0.05, 0) is 53.9 Å². The summed E-state index contributed by atoms with van der Waals surface area (Å²) in [5.41, 5.74) is 2.41. The smallest absolute Gasteiger partial charge is 0.329 e. The Balaban J connectivity index is 1.40. The lowest BCUT2D eigenvalue weighted by molar-refractivity contribution is -0.220. The molecule has 0 atom stereocenters. The van der Waals surface area contributed by atoms with Gasteiger partial charge in [0, 0.05) is 14.8 Å². The number of hydrogen-bond donors (Lipinski definition) is 1. The van der Waals surface area contributed by atoms with Crippen molar-refractivity contribution in [1.82, 2.24) is 0 Å². The summed E-state index contributed by atoms with van der Waals surface area (Å²) in [4.78, 5) is 13.1. The lowest BCUT2D eigenvalue weighted by atomic mass is 9.91. The van der Waals surface area contributed by atoms with Gasteiger partial charge in [0.25, 0.3) is 0 Å². The van der Waals surface area contributed by atoms with E-state index in [0.717, 1.165) is 37.2 Å². The number of ether oxygens (including phenoxy) is 3. The highest BCUT2D eigenvalue weighted by atomic mass is 35.5. The molecule has 156 valence electrons. The first-order chi connectivity index (χ1) is 14.5. The summed E-state index contributed by atoms with van der Waals surface area (Å²) in [6, 6.07) is 17.6. The molecule has 30 heavy (non-hydrogen) atoms. The van der Waals surface area contributed by atoms with E-state index in [2.05, 4.69) is 18.2 Å². The zero-order valence-electron chi connectivity index (χ0n) is 16.4. The molecule has 1 fully saturated rings. The van der Waals surface area contributed by atoms with Crippen LogP contribution >= 0.6 is 22.9 Å². The number of aliphatic carboxylic acids is 1. The molecule has 5 nitrogen and oxygen atoms in total. The Morgan fingerprint density at radius 2 is 1.93 bits per heavy atom. The minimum atomic E-state index is -0.996. The van der Waals surface area contributed by atoms with Crippen LogP contribution in [0.3, 0.4) is 0 Å². The number of thiophene rings is 1. The van der Waals surface area contributed by atoms with Crippen molar-refractivity contribution >= 4 is 28.9 Å². The fraction of sp³-hybridized carbons (Fsp3) is 0.261. The van der Waals surface area contributed by atoms with Gasteiger partial charge in [-0.1, -0.05) is 35.9 Å². The molecule has 1 aliphatic rings. The van der Waals surface area contributed by atoms with Crippen molar-refractivity contribution in [2.75, 3.05) is 19.8 Å². The molecule has 7 heteroatoms. The molecule has 2 heterocycles. The van der Waals surface area contributed by atoms with Gasteiger partial charge in [-0.15, -0.1) is 11.3 Å². The summed E-state index contributed by atoms with van der Waals surface area (Å²) in [5, 5.41) is 9.64. The van der Waals surface area contributed by atoms with Crippen LogP contribution in [0.5, 0.6) is 5.75 Å². The average Bonchev–Trinajstić information content (AvgIpc) is 3.17. The number of benzene rings is 2. The molecule has 0 unspecified atom stereocenters. The monoisotopic (exact) mass is 444 g/mol. The van der Waals surface area contributed by atoms with E-state index in [1.54, 1.807) is 11.3 Å². The SMILES string of the molecule is Cc1c(Cl)cccc1-c1ccc(COc2ccc(C3(OCC(=O)O)COC3)cc2)s1. The number of rotatable bonds is 8. The molecule has 0 amide bonds. The molecule has 0 saturated carbocycles. The summed E-state index contributed by atoms with van der Waals surface area (Å²) >= 11 is 7.92. The third kappa shape index (κ3) is 4.37. The third-order valence-corrected chi connectivity index (χ3v) is 6.60. The number of halogens is 1. The predicted octanol–water partition coefficient (Wildman–Crippen LogP) is 5.28. The topological polar surface area (TPSA) is 65.0 Å². The van der Waals surface area contributed by atoms with Crippen molar-refractivity contribution in [3.63, 3.8) is 0 Å². The first-order valence-corrected chi connectivity index (χ1v) is 10.7. The molecule has 1 N–H and O–H groups in total. The quantitative estimate of drug-likeness (QED) is 0.512. The van der Waals surface area contributed by atoms with E-state index in [-0.39, 0.29) is 6.61 Å². The number of carboxylic acids is 1. The van der Waals surface area contributed by atoms with Crippen LogP contribution in [0, 0.1) is 6.92 Å². The van der Waals surface area contributed by atoms with Crippen LogP contribution in [0.2, 0.25) is 5.02 Å². The van der Waals surface area contributed by atoms with Crippen LogP contribution in [0.4, 0.5) is 0 Å².